The number of methoxy groups -OCH3 is 1. The Balaban J connectivity index is 1.29. The summed E-state index contributed by atoms with van der Waals surface area (Å²) >= 11 is 12.3. The van der Waals surface area contributed by atoms with E-state index in [2.05, 4.69) is 35.7 Å². The van der Waals surface area contributed by atoms with Crippen molar-refractivity contribution in [2.24, 2.45) is 5.10 Å². The molecule has 0 amide bonds. The van der Waals surface area contributed by atoms with Crippen LogP contribution in [-0.2, 0) is 6.61 Å². The van der Waals surface area contributed by atoms with Crippen molar-refractivity contribution in [2.45, 2.75) is 25.9 Å². The Hall–Kier alpha value is -4.08. The molecule has 0 radical (unpaired) electrons. The summed E-state index contributed by atoms with van der Waals surface area (Å²) in [6.07, 6.45) is 5.11. The van der Waals surface area contributed by atoms with Gasteiger partial charge in [-0.3, -0.25) is 0 Å². The maximum Gasteiger partial charge on any atom is 0.250 e. The normalized spacial score (nSPS) is 13.3. The largest absolute Gasteiger partial charge is 0.493 e. The van der Waals surface area contributed by atoms with Crippen molar-refractivity contribution in [1.82, 2.24) is 15.0 Å². The van der Waals surface area contributed by atoms with Crippen molar-refractivity contribution in [3.63, 3.8) is 0 Å². The van der Waals surface area contributed by atoms with Crippen molar-refractivity contribution >= 4 is 52.9 Å². The van der Waals surface area contributed by atoms with E-state index in [0.717, 1.165) is 42.7 Å². The first kappa shape index (κ1) is 27.5. The molecular formula is C29H29Cl2N7O2. The molecule has 1 aliphatic rings. The predicted molar refractivity (Wildman–Crippen MR) is 161 cm³/mol. The van der Waals surface area contributed by atoms with Gasteiger partial charge in [0.1, 0.15) is 6.61 Å². The second kappa shape index (κ2) is 13.3. The van der Waals surface area contributed by atoms with Gasteiger partial charge >= 0.3 is 0 Å². The van der Waals surface area contributed by atoms with Gasteiger partial charge in [0, 0.05) is 34.4 Å². The lowest BCUT2D eigenvalue weighted by Gasteiger charge is -2.26. The molecule has 0 bridgehead atoms. The molecule has 1 saturated heterocycles. The van der Waals surface area contributed by atoms with E-state index in [1.165, 1.54) is 6.42 Å². The van der Waals surface area contributed by atoms with E-state index < -0.39 is 0 Å². The zero-order valence-electron chi connectivity index (χ0n) is 22.0. The first-order valence-corrected chi connectivity index (χ1v) is 13.7. The number of benzene rings is 3. The molecule has 5 rings (SSSR count). The van der Waals surface area contributed by atoms with Gasteiger partial charge in [0.05, 0.1) is 13.3 Å². The van der Waals surface area contributed by atoms with Crippen LogP contribution in [0, 0.1) is 0 Å². The van der Waals surface area contributed by atoms with Crippen molar-refractivity contribution in [3.05, 3.63) is 87.9 Å². The zero-order chi connectivity index (χ0) is 27.7. The summed E-state index contributed by atoms with van der Waals surface area (Å²) in [5.41, 5.74) is 5.47. The van der Waals surface area contributed by atoms with Gasteiger partial charge in [0.2, 0.25) is 17.8 Å². The monoisotopic (exact) mass is 577 g/mol. The van der Waals surface area contributed by atoms with Crippen LogP contribution in [0.1, 0.15) is 30.4 Å². The molecule has 1 fully saturated rings. The Kier molecular flexibility index (Phi) is 9.15. The molecule has 9 nitrogen and oxygen atoms in total. The zero-order valence-corrected chi connectivity index (χ0v) is 23.5. The van der Waals surface area contributed by atoms with Gasteiger partial charge in [-0.05, 0) is 67.3 Å². The maximum absolute atomic E-state index is 6.27. The number of hydrazone groups is 1. The van der Waals surface area contributed by atoms with Crippen LogP contribution >= 0.6 is 23.2 Å². The molecule has 0 atom stereocenters. The molecule has 2 N–H and O–H groups in total. The molecule has 11 heteroatoms. The number of piperidine rings is 1. The molecule has 0 unspecified atom stereocenters. The second-order valence-electron chi connectivity index (χ2n) is 9.13. The van der Waals surface area contributed by atoms with E-state index in [1.807, 2.05) is 54.6 Å². The summed E-state index contributed by atoms with van der Waals surface area (Å²) in [5, 5.41) is 8.74. The summed E-state index contributed by atoms with van der Waals surface area (Å²) in [6, 6.07) is 20.6. The van der Waals surface area contributed by atoms with Gasteiger partial charge in [0.25, 0.3) is 0 Å². The fourth-order valence-corrected chi connectivity index (χ4v) is 4.66. The third kappa shape index (κ3) is 7.31. The Bertz CT molecular complexity index is 1460. The van der Waals surface area contributed by atoms with Crippen LogP contribution in [0.2, 0.25) is 10.0 Å². The van der Waals surface area contributed by atoms with Gasteiger partial charge in [-0.2, -0.15) is 20.1 Å². The molecule has 40 heavy (non-hydrogen) atoms. The Morgan fingerprint density at radius 2 is 1.70 bits per heavy atom. The molecule has 0 saturated carbocycles. The number of rotatable bonds is 10. The molecule has 0 aliphatic carbocycles. The highest BCUT2D eigenvalue weighted by molar-refractivity contribution is 6.35. The molecule has 4 aromatic rings. The van der Waals surface area contributed by atoms with Gasteiger partial charge in [-0.1, -0.05) is 47.5 Å². The highest BCUT2D eigenvalue weighted by atomic mass is 35.5. The van der Waals surface area contributed by atoms with Crippen LogP contribution in [0.15, 0.2) is 71.8 Å². The van der Waals surface area contributed by atoms with E-state index in [1.54, 1.807) is 25.5 Å². The summed E-state index contributed by atoms with van der Waals surface area (Å²) in [6.45, 7) is 2.10. The van der Waals surface area contributed by atoms with Crippen LogP contribution in [0.4, 0.5) is 23.5 Å². The van der Waals surface area contributed by atoms with E-state index in [-0.39, 0.29) is 6.61 Å². The molecule has 0 spiro atoms. The van der Waals surface area contributed by atoms with E-state index in [0.29, 0.717) is 39.4 Å². The number of nitrogens with zero attached hydrogens (tertiary/aromatic N) is 5. The quantitative estimate of drug-likeness (QED) is 0.154. The van der Waals surface area contributed by atoms with Crippen molar-refractivity contribution in [1.29, 1.82) is 0 Å². The van der Waals surface area contributed by atoms with Gasteiger partial charge in [-0.15, -0.1) is 0 Å². The molecule has 2 heterocycles. The lowest BCUT2D eigenvalue weighted by Crippen LogP contribution is -2.31. The second-order valence-corrected chi connectivity index (χ2v) is 9.97. The topological polar surface area (TPSA) is 96.8 Å². The highest BCUT2D eigenvalue weighted by Crippen LogP contribution is 2.30. The summed E-state index contributed by atoms with van der Waals surface area (Å²) in [7, 11) is 1.59. The smallest absolute Gasteiger partial charge is 0.250 e. The lowest BCUT2D eigenvalue weighted by atomic mass is 10.1. The lowest BCUT2D eigenvalue weighted by molar-refractivity contribution is 0.284. The summed E-state index contributed by atoms with van der Waals surface area (Å²) in [4.78, 5) is 16.0. The van der Waals surface area contributed by atoms with Crippen molar-refractivity contribution in [3.8, 4) is 11.5 Å². The minimum Gasteiger partial charge on any atom is -0.493 e. The van der Waals surface area contributed by atoms with Crippen molar-refractivity contribution < 1.29 is 9.47 Å². The fraction of sp³-hybridized carbons (Fsp3) is 0.241. The molecule has 1 aliphatic heterocycles. The summed E-state index contributed by atoms with van der Waals surface area (Å²) in [5.74, 6) is 2.56. The minimum absolute atomic E-state index is 0.277. The van der Waals surface area contributed by atoms with E-state index >= 15 is 0 Å². The number of nitrogens with one attached hydrogen (secondary N) is 2. The third-order valence-corrected chi connectivity index (χ3v) is 6.84. The van der Waals surface area contributed by atoms with Gasteiger partial charge in [-0.25, -0.2) is 5.43 Å². The number of halogens is 2. The Morgan fingerprint density at radius 1 is 0.900 bits per heavy atom. The van der Waals surface area contributed by atoms with Crippen LogP contribution < -0.4 is 25.1 Å². The van der Waals surface area contributed by atoms with Crippen LogP contribution in [0.25, 0.3) is 0 Å². The molecule has 1 aromatic heterocycles. The number of hydrogen-bond acceptors (Lipinski definition) is 9. The number of aromatic nitrogens is 3. The summed E-state index contributed by atoms with van der Waals surface area (Å²) < 4.78 is 11.5. The number of para-hydroxylation sites is 1. The first-order chi connectivity index (χ1) is 19.6. The number of anilines is 4. The van der Waals surface area contributed by atoms with Crippen LogP contribution in [-0.4, -0.2) is 41.4 Å². The third-order valence-electron chi connectivity index (χ3n) is 6.26. The number of hydrogen-bond donors (Lipinski definition) is 2. The average molecular weight is 579 g/mol. The van der Waals surface area contributed by atoms with E-state index in [9.17, 15) is 0 Å². The molecular weight excluding hydrogens is 549 g/mol. The van der Waals surface area contributed by atoms with E-state index in [4.69, 9.17) is 32.7 Å². The van der Waals surface area contributed by atoms with Gasteiger partial charge in [0.15, 0.2) is 11.5 Å². The average Bonchev–Trinajstić information content (AvgIpc) is 2.98. The SMILES string of the molecule is COc1cc(/C=N\Nc2nc(Nc3ccccc3)nc(N3CCCCC3)n2)ccc1OCc1ccc(Cl)cc1Cl. The molecule has 3 aromatic carbocycles. The first-order valence-electron chi connectivity index (χ1n) is 12.9. The Morgan fingerprint density at radius 3 is 2.48 bits per heavy atom. The van der Waals surface area contributed by atoms with Crippen molar-refractivity contribution in [2.75, 3.05) is 35.8 Å². The number of ether oxygens (including phenoxy) is 2. The maximum atomic E-state index is 6.27. The van der Waals surface area contributed by atoms with Crippen LogP contribution in [0.5, 0.6) is 11.5 Å². The predicted octanol–water partition coefficient (Wildman–Crippen LogP) is 6.95. The van der Waals surface area contributed by atoms with Gasteiger partial charge < -0.3 is 19.7 Å². The Labute approximate surface area is 243 Å². The minimum atomic E-state index is 0.277. The molecule has 206 valence electrons. The fourth-order valence-electron chi connectivity index (χ4n) is 4.20. The highest BCUT2D eigenvalue weighted by Gasteiger charge is 2.16. The standard InChI is InChI=1S/C29H29Cl2N7O2/c1-39-26-16-20(10-13-25(26)40-19-21-11-12-22(30)17-24(21)31)18-32-37-28-34-27(33-23-8-4-2-5-9-23)35-29(36-28)38-14-6-3-7-15-38/h2,4-5,8-13,16-18H,3,6-7,14-15,19H2,1H3,(H2,33,34,35,36,37)/b32-18-. The van der Waals surface area contributed by atoms with Crippen LogP contribution in [0.3, 0.4) is 0 Å².